The molecule has 0 radical (unpaired) electrons. The summed E-state index contributed by atoms with van der Waals surface area (Å²) in [4.78, 5) is 24.3. The topological polar surface area (TPSA) is 78.9 Å². The number of nitrogens with zero attached hydrogens (tertiary/aromatic N) is 1. The first-order valence-corrected chi connectivity index (χ1v) is 6.35. The van der Waals surface area contributed by atoms with Crippen molar-refractivity contribution in [3.63, 3.8) is 0 Å². The molecule has 1 heterocycles. The molecule has 0 unspecified atom stereocenters. The Labute approximate surface area is 107 Å². The van der Waals surface area contributed by atoms with Crippen LogP contribution in [0.2, 0.25) is 0 Å². The van der Waals surface area contributed by atoms with E-state index >= 15 is 0 Å². The number of methoxy groups -OCH3 is 1. The van der Waals surface area contributed by atoms with Crippen molar-refractivity contribution in [2.75, 3.05) is 39.9 Å². The summed E-state index contributed by atoms with van der Waals surface area (Å²) in [5.74, 6) is -0.986. The summed E-state index contributed by atoms with van der Waals surface area (Å²) in [5.41, 5.74) is 0. The van der Waals surface area contributed by atoms with Gasteiger partial charge < -0.3 is 20.1 Å². The fourth-order valence-electron chi connectivity index (χ4n) is 2.02. The van der Waals surface area contributed by atoms with Crippen molar-refractivity contribution < 1.29 is 19.4 Å². The molecule has 0 saturated carbocycles. The third kappa shape index (κ3) is 5.01. The zero-order chi connectivity index (χ0) is 13.4. The summed E-state index contributed by atoms with van der Waals surface area (Å²) in [6.07, 6.45) is 2.00. The summed E-state index contributed by atoms with van der Waals surface area (Å²) in [6, 6.07) is 0. The van der Waals surface area contributed by atoms with Crippen molar-refractivity contribution in [3.05, 3.63) is 0 Å². The molecule has 1 aliphatic heterocycles. The zero-order valence-electron chi connectivity index (χ0n) is 10.9. The zero-order valence-corrected chi connectivity index (χ0v) is 10.9. The molecule has 0 aromatic carbocycles. The highest BCUT2D eigenvalue weighted by molar-refractivity contribution is 5.78. The van der Waals surface area contributed by atoms with E-state index in [2.05, 4.69) is 5.32 Å². The predicted molar refractivity (Wildman–Crippen MR) is 66.3 cm³/mol. The van der Waals surface area contributed by atoms with E-state index in [0.29, 0.717) is 39.1 Å². The number of carboxylic acid groups (broad SMARTS) is 1. The number of piperidine rings is 1. The van der Waals surface area contributed by atoms with Crippen LogP contribution in [0.5, 0.6) is 0 Å². The van der Waals surface area contributed by atoms with E-state index in [4.69, 9.17) is 9.84 Å². The van der Waals surface area contributed by atoms with Crippen LogP contribution >= 0.6 is 0 Å². The molecule has 1 rings (SSSR count). The minimum atomic E-state index is -0.750. The Balaban J connectivity index is 2.14. The molecule has 1 amide bonds. The number of likely N-dealkylation sites (tertiary alicyclic amines) is 1. The first kappa shape index (κ1) is 14.9. The van der Waals surface area contributed by atoms with Crippen molar-refractivity contribution in [3.8, 4) is 0 Å². The van der Waals surface area contributed by atoms with Gasteiger partial charge in [-0.15, -0.1) is 0 Å². The summed E-state index contributed by atoms with van der Waals surface area (Å²) in [5, 5.41) is 11.9. The molecule has 18 heavy (non-hydrogen) atoms. The van der Waals surface area contributed by atoms with Crippen LogP contribution in [0.3, 0.4) is 0 Å². The lowest BCUT2D eigenvalue weighted by Crippen LogP contribution is -2.44. The van der Waals surface area contributed by atoms with Crippen LogP contribution < -0.4 is 5.32 Å². The average molecular weight is 258 g/mol. The highest BCUT2D eigenvalue weighted by Gasteiger charge is 2.26. The van der Waals surface area contributed by atoms with Gasteiger partial charge in [0.25, 0.3) is 0 Å². The lowest BCUT2D eigenvalue weighted by molar-refractivity contribution is -0.145. The monoisotopic (exact) mass is 258 g/mol. The normalized spacial score (nSPS) is 16.8. The Kier molecular flexibility index (Phi) is 6.67. The lowest BCUT2D eigenvalue weighted by atomic mass is 9.97. The average Bonchev–Trinajstić information content (AvgIpc) is 2.38. The Morgan fingerprint density at radius 1 is 1.39 bits per heavy atom. The number of aliphatic carboxylic acids is 1. The predicted octanol–water partition coefficient (Wildman–Crippen LogP) is -0.0643. The van der Waals surface area contributed by atoms with Gasteiger partial charge >= 0.3 is 5.97 Å². The van der Waals surface area contributed by atoms with E-state index in [1.807, 2.05) is 0 Å². The van der Waals surface area contributed by atoms with E-state index in [9.17, 15) is 9.59 Å². The summed E-state index contributed by atoms with van der Waals surface area (Å²) in [7, 11) is 1.65. The second kappa shape index (κ2) is 8.05. The molecule has 6 heteroatoms. The maximum atomic E-state index is 11.8. The number of carbonyl (C=O) groups excluding carboxylic acids is 1. The van der Waals surface area contributed by atoms with Gasteiger partial charge in [-0.2, -0.15) is 0 Å². The fraction of sp³-hybridized carbons (Fsp3) is 0.833. The molecule has 0 spiro atoms. The molecule has 104 valence electrons. The van der Waals surface area contributed by atoms with Gasteiger partial charge in [-0.05, 0) is 25.8 Å². The smallest absolute Gasteiger partial charge is 0.306 e. The number of hydrogen-bond donors (Lipinski definition) is 2. The quantitative estimate of drug-likeness (QED) is 0.625. The van der Waals surface area contributed by atoms with E-state index in [-0.39, 0.29) is 11.8 Å². The molecule has 1 saturated heterocycles. The molecule has 2 N–H and O–H groups in total. The number of carbonyl (C=O) groups is 2. The van der Waals surface area contributed by atoms with Gasteiger partial charge in [-0.25, -0.2) is 0 Å². The van der Waals surface area contributed by atoms with Crippen molar-refractivity contribution in [2.24, 2.45) is 5.92 Å². The maximum Gasteiger partial charge on any atom is 0.306 e. The van der Waals surface area contributed by atoms with Crippen molar-refractivity contribution in [2.45, 2.75) is 19.3 Å². The van der Waals surface area contributed by atoms with Crippen LogP contribution in [0.25, 0.3) is 0 Å². The number of ether oxygens (including phenoxy) is 1. The van der Waals surface area contributed by atoms with Gasteiger partial charge in [0.05, 0.1) is 12.5 Å². The van der Waals surface area contributed by atoms with Gasteiger partial charge in [0.1, 0.15) is 0 Å². The molecule has 0 bridgehead atoms. The Hall–Kier alpha value is -1.14. The highest BCUT2D eigenvalue weighted by atomic mass is 16.5. The molecule has 0 aromatic heterocycles. The van der Waals surface area contributed by atoms with Crippen LogP contribution in [0.15, 0.2) is 0 Å². The number of nitrogens with one attached hydrogen (secondary N) is 1. The molecular formula is C12H22N2O4. The number of rotatable bonds is 7. The molecule has 1 fully saturated rings. The SMILES string of the molecule is COCCCNCC(=O)N1CCC(C(=O)O)CC1. The van der Waals surface area contributed by atoms with Crippen LogP contribution in [0, 0.1) is 5.92 Å². The van der Waals surface area contributed by atoms with E-state index < -0.39 is 5.97 Å². The third-order valence-electron chi connectivity index (χ3n) is 3.18. The number of carboxylic acids is 1. The molecule has 0 aliphatic carbocycles. The minimum Gasteiger partial charge on any atom is -0.481 e. The second-order valence-electron chi connectivity index (χ2n) is 4.52. The van der Waals surface area contributed by atoms with Crippen LogP contribution in [0.4, 0.5) is 0 Å². The Morgan fingerprint density at radius 3 is 2.61 bits per heavy atom. The summed E-state index contributed by atoms with van der Waals surface area (Å²) < 4.78 is 4.91. The minimum absolute atomic E-state index is 0.0521. The van der Waals surface area contributed by atoms with Crippen LogP contribution in [-0.4, -0.2) is 61.8 Å². The lowest BCUT2D eigenvalue weighted by Gasteiger charge is -2.30. The fourth-order valence-corrected chi connectivity index (χ4v) is 2.02. The van der Waals surface area contributed by atoms with E-state index in [1.54, 1.807) is 12.0 Å². The van der Waals surface area contributed by atoms with Crippen molar-refractivity contribution in [1.82, 2.24) is 10.2 Å². The van der Waals surface area contributed by atoms with E-state index in [1.165, 1.54) is 0 Å². The maximum absolute atomic E-state index is 11.8. The first-order valence-electron chi connectivity index (χ1n) is 6.35. The van der Waals surface area contributed by atoms with Gasteiger partial charge in [0.15, 0.2) is 0 Å². The second-order valence-corrected chi connectivity index (χ2v) is 4.52. The summed E-state index contributed by atoms with van der Waals surface area (Å²) in [6.45, 7) is 2.86. The Bertz CT molecular complexity index is 275. The third-order valence-corrected chi connectivity index (χ3v) is 3.18. The van der Waals surface area contributed by atoms with Gasteiger partial charge in [-0.1, -0.05) is 0 Å². The molecule has 0 aromatic rings. The molecule has 0 atom stereocenters. The standard InChI is InChI=1S/C12H22N2O4/c1-18-8-2-5-13-9-11(15)14-6-3-10(4-7-14)12(16)17/h10,13H,2-9H2,1H3,(H,16,17). The van der Waals surface area contributed by atoms with Gasteiger partial charge in [0, 0.05) is 26.8 Å². The number of hydrogen-bond acceptors (Lipinski definition) is 4. The largest absolute Gasteiger partial charge is 0.481 e. The van der Waals surface area contributed by atoms with Gasteiger partial charge in [-0.3, -0.25) is 9.59 Å². The highest BCUT2D eigenvalue weighted by Crippen LogP contribution is 2.16. The first-order chi connectivity index (χ1) is 8.65. The number of amides is 1. The Morgan fingerprint density at radius 2 is 2.06 bits per heavy atom. The van der Waals surface area contributed by atoms with Crippen LogP contribution in [-0.2, 0) is 14.3 Å². The van der Waals surface area contributed by atoms with Gasteiger partial charge in [0.2, 0.25) is 5.91 Å². The molecule has 6 nitrogen and oxygen atoms in total. The van der Waals surface area contributed by atoms with Crippen molar-refractivity contribution in [1.29, 1.82) is 0 Å². The molecular weight excluding hydrogens is 236 g/mol. The van der Waals surface area contributed by atoms with Crippen molar-refractivity contribution >= 4 is 11.9 Å². The van der Waals surface area contributed by atoms with E-state index in [0.717, 1.165) is 13.0 Å². The summed E-state index contributed by atoms with van der Waals surface area (Å²) >= 11 is 0. The van der Waals surface area contributed by atoms with Crippen LogP contribution in [0.1, 0.15) is 19.3 Å². The molecule has 1 aliphatic rings.